The molecule has 4 bridgehead atoms. The molecule has 6 heterocycles. The fraction of sp³-hybridized carbons (Fsp3) is 0.545. The molecule has 4 unspecified atom stereocenters. The normalized spacial score (nSPS) is 29.8. The van der Waals surface area contributed by atoms with Crippen LogP contribution in [-0.4, -0.2) is 75.1 Å². The van der Waals surface area contributed by atoms with Gasteiger partial charge in [-0.25, -0.2) is 4.98 Å². The van der Waals surface area contributed by atoms with Crippen LogP contribution in [0.15, 0.2) is 30.6 Å². The first-order chi connectivity index (χ1) is 15.3. The standard InChI is InChI=1S/C22H25N7O2/c1-2-4-19-18(3-1)23-13-27(19)20-24-21(28-14-5-6-15(28)10-30-9-14)26-22(25-20)29-16-7-8-17(29)12-31-11-16/h1-4,13-17H,5-12H2. The van der Waals surface area contributed by atoms with Crippen LogP contribution < -0.4 is 9.80 Å². The summed E-state index contributed by atoms with van der Waals surface area (Å²) in [5.74, 6) is 2.16. The van der Waals surface area contributed by atoms with E-state index < -0.39 is 0 Å². The van der Waals surface area contributed by atoms with Crippen LogP contribution >= 0.6 is 0 Å². The average molecular weight is 419 g/mol. The van der Waals surface area contributed by atoms with Gasteiger partial charge in [0.2, 0.25) is 17.8 Å². The number of anilines is 2. The van der Waals surface area contributed by atoms with Crippen molar-refractivity contribution in [3.8, 4) is 5.95 Å². The molecule has 0 N–H and O–H groups in total. The Balaban J connectivity index is 1.39. The van der Waals surface area contributed by atoms with Gasteiger partial charge >= 0.3 is 0 Å². The van der Waals surface area contributed by atoms with Gasteiger partial charge in [-0.1, -0.05) is 12.1 Å². The molecular formula is C22H25N7O2. The largest absolute Gasteiger partial charge is 0.377 e. The number of benzene rings is 1. The lowest BCUT2D eigenvalue weighted by atomic mass is 10.2. The van der Waals surface area contributed by atoms with Gasteiger partial charge in [-0.15, -0.1) is 0 Å². The summed E-state index contributed by atoms with van der Waals surface area (Å²) in [6.07, 6.45) is 6.31. The van der Waals surface area contributed by atoms with E-state index in [1.54, 1.807) is 0 Å². The quantitative estimate of drug-likeness (QED) is 0.637. The Morgan fingerprint density at radius 1 is 0.677 bits per heavy atom. The minimum absolute atomic E-state index is 0.336. The molecule has 4 fully saturated rings. The summed E-state index contributed by atoms with van der Waals surface area (Å²) in [6, 6.07) is 9.44. The van der Waals surface area contributed by atoms with E-state index in [4.69, 9.17) is 24.4 Å². The van der Waals surface area contributed by atoms with Crippen LogP contribution in [0, 0.1) is 0 Å². The molecule has 0 amide bonds. The van der Waals surface area contributed by atoms with E-state index in [2.05, 4.69) is 20.9 Å². The van der Waals surface area contributed by atoms with Crippen molar-refractivity contribution >= 4 is 22.9 Å². The Labute approximate surface area is 180 Å². The Kier molecular flexibility index (Phi) is 3.95. The highest BCUT2D eigenvalue weighted by molar-refractivity contribution is 5.76. The highest BCUT2D eigenvalue weighted by Crippen LogP contribution is 2.36. The molecular weight excluding hydrogens is 394 g/mol. The number of ether oxygens (including phenoxy) is 2. The molecule has 31 heavy (non-hydrogen) atoms. The predicted octanol–water partition coefficient (Wildman–Crippen LogP) is 1.95. The van der Waals surface area contributed by atoms with Crippen LogP contribution in [-0.2, 0) is 9.47 Å². The van der Waals surface area contributed by atoms with Crippen LogP contribution in [0.3, 0.4) is 0 Å². The Morgan fingerprint density at radius 3 is 1.77 bits per heavy atom. The molecule has 0 aliphatic carbocycles. The highest BCUT2D eigenvalue weighted by Gasteiger charge is 2.42. The van der Waals surface area contributed by atoms with Crippen LogP contribution in [0.4, 0.5) is 11.9 Å². The van der Waals surface area contributed by atoms with Crippen molar-refractivity contribution in [2.24, 2.45) is 0 Å². The average Bonchev–Trinajstić information content (AvgIpc) is 3.43. The summed E-state index contributed by atoms with van der Waals surface area (Å²) in [5, 5.41) is 0. The maximum Gasteiger partial charge on any atom is 0.242 e. The molecule has 160 valence electrons. The first-order valence-corrected chi connectivity index (χ1v) is 11.3. The van der Waals surface area contributed by atoms with E-state index in [0.717, 1.165) is 75.0 Å². The van der Waals surface area contributed by atoms with Gasteiger partial charge in [-0.2, -0.15) is 15.0 Å². The first kappa shape index (κ1) is 17.9. The van der Waals surface area contributed by atoms with E-state index in [1.165, 1.54) is 0 Å². The number of morpholine rings is 2. The van der Waals surface area contributed by atoms with E-state index >= 15 is 0 Å². The number of para-hydroxylation sites is 2. The minimum Gasteiger partial charge on any atom is -0.377 e. The van der Waals surface area contributed by atoms with Crippen LogP contribution in [0.2, 0.25) is 0 Å². The Morgan fingerprint density at radius 2 is 1.19 bits per heavy atom. The molecule has 4 saturated heterocycles. The molecule has 9 nitrogen and oxygen atoms in total. The van der Waals surface area contributed by atoms with Crippen LogP contribution in [0.1, 0.15) is 25.7 Å². The maximum absolute atomic E-state index is 5.80. The summed E-state index contributed by atoms with van der Waals surface area (Å²) in [5.41, 5.74) is 1.93. The van der Waals surface area contributed by atoms with Gasteiger partial charge in [0.1, 0.15) is 6.33 Å². The second kappa shape index (κ2) is 6.86. The third-order valence-corrected chi connectivity index (χ3v) is 7.21. The van der Waals surface area contributed by atoms with Crippen molar-refractivity contribution in [2.75, 3.05) is 36.2 Å². The van der Waals surface area contributed by atoms with Crippen LogP contribution in [0.25, 0.3) is 17.0 Å². The van der Waals surface area contributed by atoms with Gasteiger partial charge in [-0.05, 0) is 37.8 Å². The topological polar surface area (TPSA) is 81.4 Å². The fourth-order valence-corrected chi connectivity index (χ4v) is 5.71. The molecule has 0 spiro atoms. The number of nitrogens with zero attached hydrogens (tertiary/aromatic N) is 7. The molecule has 4 atom stereocenters. The predicted molar refractivity (Wildman–Crippen MR) is 115 cm³/mol. The first-order valence-electron chi connectivity index (χ1n) is 11.3. The molecule has 0 radical (unpaired) electrons. The molecule has 1 aromatic carbocycles. The number of hydrogen-bond donors (Lipinski definition) is 0. The second-order valence-electron chi connectivity index (χ2n) is 9.00. The van der Waals surface area contributed by atoms with Gasteiger partial charge in [-0.3, -0.25) is 4.57 Å². The number of imidazole rings is 1. The molecule has 7 rings (SSSR count). The smallest absolute Gasteiger partial charge is 0.242 e. The zero-order chi connectivity index (χ0) is 20.4. The van der Waals surface area contributed by atoms with Gasteiger partial charge in [0, 0.05) is 0 Å². The summed E-state index contributed by atoms with van der Waals surface area (Å²) in [7, 11) is 0. The number of fused-ring (bicyclic) bond motifs is 5. The van der Waals surface area contributed by atoms with Crippen molar-refractivity contribution in [3.63, 3.8) is 0 Å². The summed E-state index contributed by atoms with van der Waals surface area (Å²) in [4.78, 5) is 24.3. The SMILES string of the molecule is c1ccc2c(c1)ncn2-c1nc(N2C3CCC2COC3)nc(N2C3CCC2COC3)n1. The van der Waals surface area contributed by atoms with Crippen molar-refractivity contribution in [1.29, 1.82) is 0 Å². The van der Waals surface area contributed by atoms with Gasteiger partial charge in [0.25, 0.3) is 0 Å². The highest BCUT2D eigenvalue weighted by atomic mass is 16.5. The zero-order valence-corrected chi connectivity index (χ0v) is 17.3. The molecule has 4 aliphatic heterocycles. The van der Waals surface area contributed by atoms with Crippen molar-refractivity contribution in [1.82, 2.24) is 24.5 Å². The van der Waals surface area contributed by atoms with Crippen LogP contribution in [0.5, 0.6) is 0 Å². The fourth-order valence-electron chi connectivity index (χ4n) is 5.71. The van der Waals surface area contributed by atoms with E-state index in [9.17, 15) is 0 Å². The monoisotopic (exact) mass is 419 g/mol. The van der Waals surface area contributed by atoms with E-state index in [-0.39, 0.29) is 0 Å². The van der Waals surface area contributed by atoms with Gasteiger partial charge < -0.3 is 19.3 Å². The van der Waals surface area contributed by atoms with E-state index in [1.807, 2.05) is 29.1 Å². The summed E-state index contributed by atoms with van der Waals surface area (Å²) in [6.45, 7) is 2.96. The Bertz CT molecular complexity index is 1050. The molecule has 0 saturated carbocycles. The lowest BCUT2D eigenvalue weighted by molar-refractivity contribution is 0.0884. The lowest BCUT2D eigenvalue weighted by Crippen LogP contribution is -2.49. The molecule has 9 heteroatoms. The Hall–Kier alpha value is -2.78. The van der Waals surface area contributed by atoms with Crippen molar-refractivity contribution < 1.29 is 9.47 Å². The second-order valence-corrected chi connectivity index (χ2v) is 9.00. The maximum atomic E-state index is 5.80. The number of aromatic nitrogens is 5. The van der Waals surface area contributed by atoms with E-state index in [0.29, 0.717) is 30.1 Å². The third kappa shape index (κ3) is 2.76. The van der Waals surface area contributed by atoms with Crippen molar-refractivity contribution in [2.45, 2.75) is 49.9 Å². The number of hydrogen-bond acceptors (Lipinski definition) is 8. The number of rotatable bonds is 3. The van der Waals surface area contributed by atoms with Gasteiger partial charge in [0.05, 0.1) is 61.6 Å². The molecule has 2 aromatic heterocycles. The lowest BCUT2D eigenvalue weighted by Gasteiger charge is -2.37. The third-order valence-electron chi connectivity index (χ3n) is 7.21. The minimum atomic E-state index is 0.336. The zero-order valence-electron chi connectivity index (χ0n) is 17.3. The summed E-state index contributed by atoms with van der Waals surface area (Å²) >= 11 is 0. The summed E-state index contributed by atoms with van der Waals surface area (Å²) < 4.78 is 13.6. The molecule has 3 aromatic rings. The van der Waals surface area contributed by atoms with Gasteiger partial charge in [0.15, 0.2) is 0 Å². The molecule has 4 aliphatic rings. The van der Waals surface area contributed by atoms with Crippen molar-refractivity contribution in [3.05, 3.63) is 30.6 Å².